The largest absolute Gasteiger partial charge is 0.365 e. The van der Waals surface area contributed by atoms with E-state index in [9.17, 15) is 0 Å². The first-order valence-electron chi connectivity index (χ1n) is 6.15. The summed E-state index contributed by atoms with van der Waals surface area (Å²) in [6, 6.07) is 1.98. The highest BCUT2D eigenvalue weighted by Crippen LogP contribution is 2.25. The lowest BCUT2D eigenvalue weighted by Crippen LogP contribution is -2.24. The van der Waals surface area contributed by atoms with Crippen LogP contribution in [0.5, 0.6) is 0 Å². The molecule has 0 radical (unpaired) electrons. The van der Waals surface area contributed by atoms with Crippen LogP contribution in [-0.2, 0) is 14.9 Å². The van der Waals surface area contributed by atoms with Crippen molar-refractivity contribution in [1.82, 2.24) is 9.97 Å². The summed E-state index contributed by atoms with van der Waals surface area (Å²) in [4.78, 5) is 8.53. The van der Waals surface area contributed by atoms with Crippen molar-refractivity contribution in [2.75, 3.05) is 26.1 Å². The lowest BCUT2D eigenvalue weighted by atomic mass is 9.86. The molecule has 102 valence electrons. The molecule has 0 aliphatic carbocycles. The average molecular weight is 253 g/mol. The Kier molecular flexibility index (Phi) is 5.50. The zero-order valence-corrected chi connectivity index (χ0v) is 11.9. The van der Waals surface area contributed by atoms with Gasteiger partial charge >= 0.3 is 0 Å². The highest BCUT2D eigenvalue weighted by atomic mass is 16.7. The Morgan fingerprint density at radius 3 is 2.50 bits per heavy atom. The van der Waals surface area contributed by atoms with Crippen LogP contribution in [0.25, 0.3) is 0 Å². The maximum absolute atomic E-state index is 5.11. The highest BCUT2D eigenvalue weighted by Gasteiger charge is 2.20. The Hall–Kier alpha value is -1.20. The van der Waals surface area contributed by atoms with Gasteiger partial charge in [-0.3, -0.25) is 0 Å². The number of hydrogen-bond donors (Lipinski definition) is 1. The SMILES string of the molecule is CCC(C)(C)c1cc(NCC(OC)OC)ncn1. The van der Waals surface area contributed by atoms with Gasteiger partial charge in [0.1, 0.15) is 12.1 Å². The Bertz CT molecular complexity index is 365. The molecule has 1 aromatic rings. The van der Waals surface area contributed by atoms with Crippen molar-refractivity contribution in [3.8, 4) is 0 Å². The number of ether oxygens (including phenoxy) is 2. The third-order valence-electron chi connectivity index (χ3n) is 3.22. The molecule has 1 rings (SSSR count). The second-order valence-electron chi connectivity index (χ2n) is 4.81. The lowest BCUT2D eigenvalue weighted by molar-refractivity contribution is -0.0914. The van der Waals surface area contributed by atoms with Gasteiger partial charge in [-0.1, -0.05) is 20.8 Å². The van der Waals surface area contributed by atoms with Gasteiger partial charge in [-0.25, -0.2) is 9.97 Å². The van der Waals surface area contributed by atoms with Crippen LogP contribution in [0.1, 0.15) is 32.9 Å². The minimum absolute atomic E-state index is 0.0568. The molecule has 0 saturated heterocycles. The molecule has 0 aliphatic heterocycles. The van der Waals surface area contributed by atoms with Crippen molar-refractivity contribution in [3.05, 3.63) is 18.1 Å². The van der Waals surface area contributed by atoms with Gasteiger partial charge in [-0.2, -0.15) is 0 Å². The molecule has 0 bridgehead atoms. The van der Waals surface area contributed by atoms with Gasteiger partial charge in [0.15, 0.2) is 6.29 Å². The molecule has 0 atom stereocenters. The van der Waals surface area contributed by atoms with Gasteiger partial charge in [0.2, 0.25) is 0 Å². The summed E-state index contributed by atoms with van der Waals surface area (Å²) in [5.41, 5.74) is 1.09. The van der Waals surface area contributed by atoms with Crippen molar-refractivity contribution in [1.29, 1.82) is 0 Å². The van der Waals surface area contributed by atoms with Crippen LogP contribution in [-0.4, -0.2) is 37.0 Å². The molecule has 0 spiro atoms. The molecule has 5 nitrogen and oxygen atoms in total. The van der Waals surface area contributed by atoms with Crippen LogP contribution in [0, 0.1) is 0 Å². The van der Waals surface area contributed by atoms with Gasteiger partial charge in [0, 0.05) is 25.7 Å². The van der Waals surface area contributed by atoms with E-state index in [4.69, 9.17) is 9.47 Å². The first-order chi connectivity index (χ1) is 8.53. The van der Waals surface area contributed by atoms with Crippen LogP contribution in [0.3, 0.4) is 0 Å². The van der Waals surface area contributed by atoms with Crippen molar-refractivity contribution in [2.24, 2.45) is 0 Å². The van der Waals surface area contributed by atoms with Gasteiger partial charge in [0.05, 0.1) is 12.2 Å². The van der Waals surface area contributed by atoms with Crippen LogP contribution in [0.2, 0.25) is 0 Å². The molecule has 5 heteroatoms. The lowest BCUT2D eigenvalue weighted by Gasteiger charge is -2.22. The van der Waals surface area contributed by atoms with Crippen molar-refractivity contribution >= 4 is 5.82 Å². The fourth-order valence-corrected chi connectivity index (χ4v) is 1.46. The number of aromatic nitrogens is 2. The predicted octanol–water partition coefficient (Wildman–Crippen LogP) is 2.20. The summed E-state index contributed by atoms with van der Waals surface area (Å²) in [5.74, 6) is 0.792. The van der Waals surface area contributed by atoms with E-state index in [0.717, 1.165) is 17.9 Å². The molecule has 1 N–H and O–H groups in total. The summed E-state index contributed by atoms with van der Waals surface area (Å²) in [6.07, 6.45) is 2.34. The molecule has 1 aromatic heterocycles. The predicted molar refractivity (Wildman–Crippen MR) is 71.6 cm³/mol. The van der Waals surface area contributed by atoms with E-state index in [1.54, 1.807) is 20.5 Å². The molecule has 0 unspecified atom stereocenters. The topological polar surface area (TPSA) is 56.3 Å². The van der Waals surface area contributed by atoms with E-state index in [1.807, 2.05) is 6.07 Å². The molecular formula is C13H23N3O2. The van der Waals surface area contributed by atoms with Crippen LogP contribution >= 0.6 is 0 Å². The molecule has 1 heterocycles. The molecule has 0 fully saturated rings. The first kappa shape index (κ1) is 14.9. The number of methoxy groups -OCH3 is 2. The number of hydrogen-bond acceptors (Lipinski definition) is 5. The maximum Gasteiger partial charge on any atom is 0.173 e. The number of anilines is 1. The van der Waals surface area contributed by atoms with E-state index < -0.39 is 0 Å². The Morgan fingerprint density at radius 2 is 1.94 bits per heavy atom. The molecular weight excluding hydrogens is 230 g/mol. The molecule has 0 aliphatic rings. The van der Waals surface area contributed by atoms with E-state index >= 15 is 0 Å². The third-order valence-corrected chi connectivity index (χ3v) is 3.22. The second-order valence-corrected chi connectivity index (χ2v) is 4.81. The fourth-order valence-electron chi connectivity index (χ4n) is 1.46. The summed E-state index contributed by atoms with van der Waals surface area (Å²) >= 11 is 0. The van der Waals surface area contributed by atoms with Crippen LogP contribution in [0.15, 0.2) is 12.4 Å². The number of rotatable bonds is 7. The Balaban J connectivity index is 2.71. The summed E-state index contributed by atoms with van der Waals surface area (Å²) in [5, 5.41) is 3.18. The number of nitrogens with zero attached hydrogens (tertiary/aromatic N) is 2. The Labute approximate surface area is 109 Å². The highest BCUT2D eigenvalue weighted by molar-refractivity contribution is 5.36. The standard InChI is InChI=1S/C13H23N3O2/c1-6-13(2,3)10-7-11(16-9-15-10)14-8-12(17-4)18-5/h7,9,12H,6,8H2,1-5H3,(H,14,15,16). The smallest absolute Gasteiger partial charge is 0.173 e. The maximum atomic E-state index is 5.11. The summed E-state index contributed by atoms with van der Waals surface area (Å²) in [7, 11) is 3.23. The zero-order valence-electron chi connectivity index (χ0n) is 11.9. The minimum atomic E-state index is -0.275. The number of nitrogens with one attached hydrogen (secondary N) is 1. The first-order valence-corrected chi connectivity index (χ1v) is 6.15. The summed E-state index contributed by atoms with van der Waals surface area (Å²) in [6.45, 7) is 7.05. The van der Waals surface area contributed by atoms with E-state index in [1.165, 1.54) is 0 Å². The molecule has 0 saturated carbocycles. The monoisotopic (exact) mass is 253 g/mol. The molecule has 18 heavy (non-hydrogen) atoms. The van der Waals surface area contributed by atoms with Gasteiger partial charge in [0.25, 0.3) is 0 Å². The van der Waals surface area contributed by atoms with Crippen molar-refractivity contribution in [2.45, 2.75) is 38.9 Å². The Morgan fingerprint density at radius 1 is 1.28 bits per heavy atom. The van der Waals surface area contributed by atoms with Crippen LogP contribution < -0.4 is 5.32 Å². The van der Waals surface area contributed by atoms with Crippen molar-refractivity contribution < 1.29 is 9.47 Å². The van der Waals surface area contributed by atoms with Crippen LogP contribution in [0.4, 0.5) is 5.82 Å². The third kappa shape index (κ3) is 3.92. The molecule has 0 aromatic carbocycles. The van der Waals surface area contributed by atoms with Gasteiger partial charge < -0.3 is 14.8 Å². The average Bonchev–Trinajstić information content (AvgIpc) is 2.40. The van der Waals surface area contributed by atoms with E-state index in [2.05, 4.69) is 36.1 Å². The van der Waals surface area contributed by atoms with Gasteiger partial charge in [-0.05, 0) is 6.42 Å². The van der Waals surface area contributed by atoms with Crippen molar-refractivity contribution in [3.63, 3.8) is 0 Å². The zero-order chi connectivity index (χ0) is 13.6. The quantitative estimate of drug-likeness (QED) is 0.755. The second kappa shape index (κ2) is 6.66. The van der Waals surface area contributed by atoms with E-state index in [0.29, 0.717) is 6.54 Å². The van der Waals surface area contributed by atoms with E-state index in [-0.39, 0.29) is 11.7 Å². The minimum Gasteiger partial charge on any atom is -0.365 e. The normalized spacial score (nSPS) is 11.9. The van der Waals surface area contributed by atoms with Gasteiger partial charge in [-0.15, -0.1) is 0 Å². The summed E-state index contributed by atoms with van der Waals surface area (Å²) < 4.78 is 10.2. The fraction of sp³-hybridized carbons (Fsp3) is 0.692. The molecule has 0 amide bonds.